The topological polar surface area (TPSA) is 66.8 Å². The highest BCUT2D eigenvalue weighted by Crippen LogP contribution is 2.44. The van der Waals surface area contributed by atoms with Crippen molar-refractivity contribution in [3.8, 4) is 0 Å². The third-order valence-electron chi connectivity index (χ3n) is 4.03. The number of benzene rings is 1. The lowest BCUT2D eigenvalue weighted by atomic mass is 9.64. The first-order chi connectivity index (χ1) is 9.13. The molecule has 1 aromatic rings. The van der Waals surface area contributed by atoms with E-state index >= 15 is 0 Å². The average Bonchev–Trinajstić information content (AvgIpc) is 2.74. The van der Waals surface area contributed by atoms with Gasteiger partial charge in [-0.25, -0.2) is 0 Å². The Morgan fingerprint density at radius 3 is 2.37 bits per heavy atom. The highest BCUT2D eigenvalue weighted by atomic mass is 16.7. The van der Waals surface area contributed by atoms with Crippen LogP contribution in [-0.4, -0.2) is 23.6 Å². The molecule has 0 radical (unpaired) electrons. The summed E-state index contributed by atoms with van der Waals surface area (Å²) in [6.07, 6.45) is 2.70. The molecule has 3 rings (SSSR count). The first-order valence-corrected chi connectivity index (χ1v) is 6.43. The molecule has 19 heavy (non-hydrogen) atoms. The Morgan fingerprint density at radius 1 is 1.26 bits per heavy atom. The molecule has 2 fully saturated rings. The summed E-state index contributed by atoms with van der Waals surface area (Å²) in [4.78, 5) is 28.2. The maximum atomic E-state index is 11.5. The van der Waals surface area contributed by atoms with Gasteiger partial charge in [0.25, 0.3) is 5.91 Å². The molecule has 5 heteroatoms. The van der Waals surface area contributed by atoms with Crippen LogP contribution in [0.15, 0.2) is 24.3 Å². The first kappa shape index (κ1) is 12.2. The Labute approximate surface area is 110 Å². The van der Waals surface area contributed by atoms with Gasteiger partial charge in [0.05, 0.1) is 24.1 Å². The summed E-state index contributed by atoms with van der Waals surface area (Å²) in [6.45, 7) is 0.402. The monoisotopic (exact) mass is 261 g/mol. The Hall–Kier alpha value is -1.88. The predicted octanol–water partition coefficient (Wildman–Crippen LogP) is 1.86. The van der Waals surface area contributed by atoms with E-state index in [1.807, 2.05) is 0 Å². The number of carbonyl (C=O) groups excluding carboxylic acids is 1. The summed E-state index contributed by atoms with van der Waals surface area (Å²) in [5.41, 5.74) is 0.738. The molecule has 100 valence electrons. The van der Waals surface area contributed by atoms with Gasteiger partial charge in [0, 0.05) is 0 Å². The van der Waals surface area contributed by atoms with Crippen LogP contribution in [0.1, 0.15) is 31.2 Å². The van der Waals surface area contributed by atoms with E-state index in [2.05, 4.69) is 0 Å². The highest BCUT2D eigenvalue weighted by molar-refractivity contribution is 5.93. The maximum absolute atomic E-state index is 11.5. The second-order valence-corrected chi connectivity index (χ2v) is 5.06. The average molecular weight is 261 g/mol. The third-order valence-corrected chi connectivity index (χ3v) is 4.03. The number of nitrogens with zero attached hydrogens (tertiary/aromatic N) is 1. The Kier molecular flexibility index (Phi) is 2.78. The third kappa shape index (κ3) is 1.81. The van der Waals surface area contributed by atoms with Crippen LogP contribution in [0, 0.1) is 0 Å². The number of hydroxylamine groups is 1. The van der Waals surface area contributed by atoms with Gasteiger partial charge in [-0.2, -0.15) is 5.06 Å². The van der Waals surface area contributed by atoms with E-state index in [9.17, 15) is 14.7 Å². The smallest absolute Gasteiger partial charge is 0.314 e. The molecule has 1 aliphatic carbocycles. The van der Waals surface area contributed by atoms with E-state index in [-0.39, 0.29) is 5.91 Å². The fourth-order valence-electron chi connectivity index (χ4n) is 2.69. The fourth-order valence-corrected chi connectivity index (χ4v) is 2.69. The molecule has 1 saturated heterocycles. The van der Waals surface area contributed by atoms with Crippen LogP contribution < -0.4 is 5.06 Å². The van der Waals surface area contributed by atoms with E-state index in [1.54, 1.807) is 24.3 Å². The van der Waals surface area contributed by atoms with Crippen molar-refractivity contribution in [1.29, 1.82) is 0 Å². The van der Waals surface area contributed by atoms with Crippen LogP contribution in [-0.2, 0) is 19.8 Å². The van der Waals surface area contributed by atoms with Crippen molar-refractivity contribution < 1.29 is 19.5 Å². The molecule has 1 amide bonds. The molecule has 5 nitrogen and oxygen atoms in total. The minimum absolute atomic E-state index is 0.0654. The molecule has 1 aliphatic heterocycles. The molecule has 0 bridgehead atoms. The zero-order valence-corrected chi connectivity index (χ0v) is 10.5. The van der Waals surface area contributed by atoms with Gasteiger partial charge in [-0.15, -0.1) is 0 Å². The molecule has 0 aromatic heterocycles. The molecule has 1 saturated carbocycles. The van der Waals surface area contributed by atoms with Crippen LogP contribution >= 0.6 is 0 Å². The number of anilines is 1. The van der Waals surface area contributed by atoms with Crippen LogP contribution in [0.2, 0.25) is 0 Å². The number of rotatable bonds is 3. The van der Waals surface area contributed by atoms with Crippen LogP contribution in [0.25, 0.3) is 0 Å². The SMILES string of the molecule is O=C1CCON1c1ccc(C2(C(=O)O)CCC2)cc1. The zero-order valence-electron chi connectivity index (χ0n) is 10.5. The number of amides is 1. The highest BCUT2D eigenvalue weighted by Gasteiger charge is 2.45. The van der Waals surface area contributed by atoms with Crippen LogP contribution in [0.3, 0.4) is 0 Å². The van der Waals surface area contributed by atoms with Crippen molar-refractivity contribution in [3.05, 3.63) is 29.8 Å². The maximum Gasteiger partial charge on any atom is 0.314 e. The Bertz CT molecular complexity index is 519. The van der Waals surface area contributed by atoms with Crippen molar-refractivity contribution >= 4 is 17.6 Å². The quantitative estimate of drug-likeness (QED) is 0.901. The van der Waals surface area contributed by atoms with E-state index in [4.69, 9.17) is 4.84 Å². The summed E-state index contributed by atoms with van der Waals surface area (Å²) in [7, 11) is 0. The second kappa shape index (κ2) is 4.35. The summed E-state index contributed by atoms with van der Waals surface area (Å²) >= 11 is 0. The number of hydrogen-bond donors (Lipinski definition) is 1. The number of aliphatic carboxylic acids is 1. The molecule has 2 aliphatic rings. The van der Waals surface area contributed by atoms with Gasteiger partial charge in [-0.05, 0) is 30.5 Å². The number of carboxylic acid groups (broad SMARTS) is 1. The lowest BCUT2D eigenvalue weighted by Gasteiger charge is -2.38. The van der Waals surface area contributed by atoms with Crippen LogP contribution in [0.5, 0.6) is 0 Å². The van der Waals surface area contributed by atoms with Crippen molar-refractivity contribution in [3.63, 3.8) is 0 Å². The normalized spacial score (nSPS) is 21.3. The van der Waals surface area contributed by atoms with Gasteiger partial charge in [-0.3, -0.25) is 14.4 Å². The van der Waals surface area contributed by atoms with E-state index < -0.39 is 11.4 Å². The van der Waals surface area contributed by atoms with E-state index in [1.165, 1.54) is 5.06 Å². The van der Waals surface area contributed by atoms with Gasteiger partial charge >= 0.3 is 5.97 Å². The molecular formula is C14H15NO4. The second-order valence-electron chi connectivity index (χ2n) is 5.06. The molecule has 1 N–H and O–H groups in total. The van der Waals surface area contributed by atoms with Gasteiger partial charge in [0.1, 0.15) is 0 Å². The Morgan fingerprint density at radius 2 is 1.95 bits per heavy atom. The number of carbonyl (C=O) groups is 2. The predicted molar refractivity (Wildman–Crippen MR) is 67.7 cm³/mol. The minimum atomic E-state index is -0.764. The van der Waals surface area contributed by atoms with E-state index in [0.717, 1.165) is 12.0 Å². The fraction of sp³-hybridized carbons (Fsp3) is 0.429. The standard InChI is InChI=1S/C14H15NO4/c16-12-6-9-19-15(12)11-4-2-10(3-5-11)14(13(17)18)7-1-8-14/h2-5H,1,6-9H2,(H,17,18). The van der Waals surface area contributed by atoms with Crippen molar-refractivity contribution in [2.45, 2.75) is 31.1 Å². The zero-order chi connectivity index (χ0) is 13.5. The number of carboxylic acids is 1. The number of hydrogen-bond acceptors (Lipinski definition) is 3. The molecule has 1 aromatic carbocycles. The summed E-state index contributed by atoms with van der Waals surface area (Å²) in [5.74, 6) is -0.829. The van der Waals surface area contributed by atoms with Gasteiger partial charge in [0.2, 0.25) is 0 Å². The molecule has 0 spiro atoms. The lowest BCUT2D eigenvalue weighted by molar-refractivity contribution is -0.147. The van der Waals surface area contributed by atoms with Crippen molar-refractivity contribution in [2.75, 3.05) is 11.7 Å². The van der Waals surface area contributed by atoms with E-state index in [0.29, 0.717) is 31.6 Å². The minimum Gasteiger partial charge on any atom is -0.481 e. The van der Waals surface area contributed by atoms with Crippen molar-refractivity contribution in [1.82, 2.24) is 0 Å². The Balaban J connectivity index is 1.87. The summed E-state index contributed by atoms with van der Waals surface area (Å²) < 4.78 is 0. The summed E-state index contributed by atoms with van der Waals surface area (Å²) in [5, 5.41) is 10.6. The molecule has 1 heterocycles. The molecule has 0 unspecified atom stereocenters. The summed E-state index contributed by atoms with van der Waals surface area (Å²) in [6, 6.07) is 7.08. The molecular weight excluding hydrogens is 246 g/mol. The molecule has 0 atom stereocenters. The van der Waals surface area contributed by atoms with Gasteiger partial charge < -0.3 is 5.11 Å². The van der Waals surface area contributed by atoms with Crippen LogP contribution in [0.4, 0.5) is 5.69 Å². The lowest BCUT2D eigenvalue weighted by Crippen LogP contribution is -2.42. The first-order valence-electron chi connectivity index (χ1n) is 6.43. The van der Waals surface area contributed by atoms with Gasteiger partial charge in [-0.1, -0.05) is 18.6 Å². The largest absolute Gasteiger partial charge is 0.481 e. The van der Waals surface area contributed by atoms with Gasteiger partial charge in [0.15, 0.2) is 0 Å². The van der Waals surface area contributed by atoms with Crippen molar-refractivity contribution in [2.24, 2.45) is 0 Å².